The van der Waals surface area contributed by atoms with E-state index in [1.54, 1.807) is 29.2 Å². The van der Waals surface area contributed by atoms with Crippen molar-refractivity contribution in [2.75, 3.05) is 23.9 Å². The van der Waals surface area contributed by atoms with E-state index in [-0.39, 0.29) is 5.91 Å². The molecule has 0 saturated carbocycles. The standard InChI is InChI=1S/C23H20N2O5/c1-29-20-13-15(11-12-19(20)30-14-21(26)27)22-24-18-10-6-5-9-17(18)23(28)25(22)16-7-3-2-4-8-16/h2-13,22,24H,14H2,1H3,(H,26,27)/t22-/m1/s1. The Bertz CT molecular complexity index is 1080. The zero-order valence-corrected chi connectivity index (χ0v) is 16.2. The van der Waals surface area contributed by atoms with Gasteiger partial charge in [0.1, 0.15) is 6.17 Å². The van der Waals surface area contributed by atoms with Gasteiger partial charge in [-0.15, -0.1) is 0 Å². The summed E-state index contributed by atoms with van der Waals surface area (Å²) >= 11 is 0. The van der Waals surface area contributed by atoms with Crippen LogP contribution in [0.5, 0.6) is 11.5 Å². The fourth-order valence-electron chi connectivity index (χ4n) is 3.45. The predicted octanol–water partition coefficient (Wildman–Crippen LogP) is 3.93. The number of methoxy groups -OCH3 is 1. The molecule has 7 heteroatoms. The minimum atomic E-state index is -1.08. The highest BCUT2D eigenvalue weighted by atomic mass is 16.5. The van der Waals surface area contributed by atoms with Crippen molar-refractivity contribution in [3.05, 3.63) is 83.9 Å². The summed E-state index contributed by atoms with van der Waals surface area (Å²) in [4.78, 5) is 25.9. The lowest BCUT2D eigenvalue weighted by molar-refractivity contribution is -0.139. The third-order valence-electron chi connectivity index (χ3n) is 4.82. The molecule has 1 amide bonds. The molecule has 0 spiro atoms. The number of ether oxygens (including phenoxy) is 2. The van der Waals surface area contributed by atoms with Crippen molar-refractivity contribution in [1.29, 1.82) is 0 Å². The molecule has 152 valence electrons. The number of anilines is 2. The molecule has 0 fully saturated rings. The summed E-state index contributed by atoms with van der Waals surface area (Å²) in [5.74, 6) is -0.495. The molecule has 0 saturated heterocycles. The Morgan fingerprint density at radius 2 is 1.77 bits per heavy atom. The molecule has 4 rings (SSSR count). The Balaban J connectivity index is 1.77. The maximum atomic E-state index is 13.4. The number of nitrogens with one attached hydrogen (secondary N) is 1. The SMILES string of the molecule is COc1cc([C@@H]2Nc3ccccc3C(=O)N2c2ccccc2)ccc1OCC(=O)O. The van der Waals surface area contributed by atoms with Gasteiger partial charge in [0.2, 0.25) is 0 Å². The van der Waals surface area contributed by atoms with Crippen molar-refractivity contribution in [1.82, 2.24) is 0 Å². The predicted molar refractivity (Wildman–Crippen MR) is 112 cm³/mol. The van der Waals surface area contributed by atoms with Gasteiger partial charge in [0.15, 0.2) is 18.1 Å². The summed E-state index contributed by atoms with van der Waals surface area (Å²) in [6, 6.07) is 21.9. The zero-order chi connectivity index (χ0) is 21.1. The van der Waals surface area contributed by atoms with Crippen molar-refractivity contribution >= 4 is 23.3 Å². The Morgan fingerprint density at radius 1 is 1.03 bits per heavy atom. The molecule has 1 heterocycles. The van der Waals surface area contributed by atoms with Gasteiger partial charge in [-0.3, -0.25) is 9.69 Å². The van der Waals surface area contributed by atoms with Crippen LogP contribution in [0.4, 0.5) is 11.4 Å². The molecular weight excluding hydrogens is 384 g/mol. The van der Waals surface area contributed by atoms with Crippen LogP contribution in [0.15, 0.2) is 72.8 Å². The molecule has 1 atom stereocenters. The Kier molecular flexibility index (Phi) is 5.26. The molecule has 30 heavy (non-hydrogen) atoms. The summed E-state index contributed by atoms with van der Waals surface area (Å²) in [5, 5.41) is 12.3. The number of amides is 1. The monoisotopic (exact) mass is 404 g/mol. The zero-order valence-electron chi connectivity index (χ0n) is 16.2. The number of carbonyl (C=O) groups is 2. The summed E-state index contributed by atoms with van der Waals surface area (Å²) < 4.78 is 10.7. The fraction of sp³-hybridized carbons (Fsp3) is 0.130. The quantitative estimate of drug-likeness (QED) is 0.647. The molecule has 7 nitrogen and oxygen atoms in total. The number of carboxylic acid groups (broad SMARTS) is 1. The molecule has 1 aliphatic heterocycles. The number of para-hydroxylation sites is 2. The topological polar surface area (TPSA) is 88.1 Å². The van der Waals surface area contributed by atoms with Crippen molar-refractivity contribution in [2.24, 2.45) is 0 Å². The van der Waals surface area contributed by atoms with Crippen LogP contribution in [-0.4, -0.2) is 30.7 Å². The first-order valence-corrected chi connectivity index (χ1v) is 9.35. The van der Waals surface area contributed by atoms with Gasteiger partial charge in [-0.25, -0.2) is 4.79 Å². The van der Waals surface area contributed by atoms with E-state index in [4.69, 9.17) is 14.6 Å². The minimum absolute atomic E-state index is 0.120. The third kappa shape index (κ3) is 3.65. The molecule has 0 aromatic heterocycles. The Hall–Kier alpha value is -4.00. The van der Waals surface area contributed by atoms with Gasteiger partial charge in [0.25, 0.3) is 5.91 Å². The molecule has 0 unspecified atom stereocenters. The van der Waals surface area contributed by atoms with E-state index < -0.39 is 18.7 Å². The smallest absolute Gasteiger partial charge is 0.341 e. The Morgan fingerprint density at radius 3 is 2.50 bits per heavy atom. The van der Waals surface area contributed by atoms with Crippen molar-refractivity contribution in [3.63, 3.8) is 0 Å². The third-order valence-corrected chi connectivity index (χ3v) is 4.82. The highest BCUT2D eigenvalue weighted by molar-refractivity contribution is 6.12. The van der Waals surface area contributed by atoms with Crippen molar-refractivity contribution in [3.8, 4) is 11.5 Å². The lowest BCUT2D eigenvalue weighted by atomic mass is 10.0. The first-order chi connectivity index (χ1) is 14.6. The number of nitrogens with zero attached hydrogens (tertiary/aromatic N) is 1. The van der Waals surface area contributed by atoms with Gasteiger partial charge >= 0.3 is 5.97 Å². The van der Waals surface area contributed by atoms with Gasteiger partial charge in [-0.05, 0) is 42.0 Å². The van der Waals surface area contributed by atoms with E-state index in [1.807, 2.05) is 48.5 Å². The molecule has 3 aromatic carbocycles. The second-order valence-electron chi connectivity index (χ2n) is 6.70. The largest absolute Gasteiger partial charge is 0.493 e. The van der Waals surface area contributed by atoms with Gasteiger partial charge in [-0.2, -0.15) is 0 Å². The number of rotatable bonds is 6. The first kappa shape index (κ1) is 19.3. The van der Waals surface area contributed by atoms with E-state index >= 15 is 0 Å². The van der Waals surface area contributed by atoms with E-state index in [0.717, 1.165) is 16.9 Å². The lowest BCUT2D eigenvalue weighted by Crippen LogP contribution is -2.43. The highest BCUT2D eigenvalue weighted by Gasteiger charge is 2.34. The molecule has 3 aromatic rings. The number of carbonyl (C=O) groups excluding carboxylic acids is 1. The number of fused-ring (bicyclic) bond motifs is 1. The summed E-state index contributed by atoms with van der Waals surface area (Å²) in [6.45, 7) is -0.473. The highest BCUT2D eigenvalue weighted by Crippen LogP contribution is 2.39. The van der Waals surface area contributed by atoms with E-state index in [0.29, 0.717) is 17.1 Å². The maximum Gasteiger partial charge on any atom is 0.341 e. The van der Waals surface area contributed by atoms with Crippen LogP contribution in [0.25, 0.3) is 0 Å². The van der Waals surface area contributed by atoms with Crippen LogP contribution in [0.2, 0.25) is 0 Å². The molecule has 0 bridgehead atoms. The van der Waals surface area contributed by atoms with Crippen LogP contribution >= 0.6 is 0 Å². The van der Waals surface area contributed by atoms with Crippen LogP contribution < -0.4 is 19.7 Å². The second kappa shape index (κ2) is 8.16. The number of hydrogen-bond donors (Lipinski definition) is 2. The molecule has 1 aliphatic rings. The van der Waals surface area contributed by atoms with E-state index in [1.165, 1.54) is 7.11 Å². The molecule has 2 N–H and O–H groups in total. The fourth-order valence-corrected chi connectivity index (χ4v) is 3.45. The lowest BCUT2D eigenvalue weighted by Gasteiger charge is -2.38. The normalized spacial score (nSPS) is 15.2. The number of benzene rings is 3. The van der Waals surface area contributed by atoms with E-state index in [2.05, 4.69) is 5.32 Å². The Labute approximate surface area is 173 Å². The van der Waals surface area contributed by atoms with Crippen molar-refractivity contribution < 1.29 is 24.2 Å². The van der Waals surface area contributed by atoms with Crippen LogP contribution in [0.1, 0.15) is 22.1 Å². The van der Waals surface area contributed by atoms with Gasteiger partial charge in [0, 0.05) is 11.4 Å². The first-order valence-electron chi connectivity index (χ1n) is 9.35. The molecular formula is C23H20N2O5. The van der Waals surface area contributed by atoms with Gasteiger partial charge in [-0.1, -0.05) is 36.4 Å². The average molecular weight is 404 g/mol. The second-order valence-corrected chi connectivity index (χ2v) is 6.70. The average Bonchev–Trinajstić information content (AvgIpc) is 2.78. The number of carboxylic acids is 1. The van der Waals surface area contributed by atoms with Crippen LogP contribution in [0, 0.1) is 0 Å². The molecule has 0 aliphatic carbocycles. The maximum absolute atomic E-state index is 13.4. The van der Waals surface area contributed by atoms with E-state index in [9.17, 15) is 9.59 Å². The summed E-state index contributed by atoms with van der Waals surface area (Å²) in [7, 11) is 1.48. The molecule has 0 radical (unpaired) electrons. The van der Waals surface area contributed by atoms with Crippen LogP contribution in [-0.2, 0) is 4.79 Å². The van der Waals surface area contributed by atoms with Gasteiger partial charge < -0.3 is 19.9 Å². The summed E-state index contributed by atoms with van der Waals surface area (Å²) in [6.07, 6.45) is -0.489. The summed E-state index contributed by atoms with van der Waals surface area (Å²) in [5.41, 5.74) is 2.84. The number of hydrogen-bond acceptors (Lipinski definition) is 5. The van der Waals surface area contributed by atoms with Gasteiger partial charge in [0.05, 0.1) is 12.7 Å². The minimum Gasteiger partial charge on any atom is -0.493 e. The van der Waals surface area contributed by atoms with Crippen LogP contribution in [0.3, 0.4) is 0 Å². The number of aliphatic carboxylic acids is 1. The van der Waals surface area contributed by atoms with Crippen molar-refractivity contribution in [2.45, 2.75) is 6.17 Å².